The molecule has 182 valence electrons. The predicted molar refractivity (Wildman–Crippen MR) is 142 cm³/mol. The second-order valence-electron chi connectivity index (χ2n) is 9.24. The fraction of sp³-hybridized carbons (Fsp3) is 0.708. The number of rotatable bonds is 7. The Hall–Kier alpha value is -1.58. The monoisotopic (exact) mass is 559 g/mol. The summed E-state index contributed by atoms with van der Waals surface area (Å²) in [5.74, 6) is 1.48. The molecule has 1 amide bonds. The normalized spacial score (nSPS) is 15.2. The number of nitrogens with zero attached hydrogens (tertiary/aromatic N) is 4. The van der Waals surface area contributed by atoms with Gasteiger partial charge in [-0.3, -0.25) is 9.98 Å². The molecule has 1 aromatic rings. The minimum atomic E-state index is -0.458. The van der Waals surface area contributed by atoms with E-state index in [4.69, 9.17) is 9.73 Å². The summed E-state index contributed by atoms with van der Waals surface area (Å²) in [6.07, 6.45) is 6.56. The van der Waals surface area contributed by atoms with E-state index in [1.165, 1.54) is 11.1 Å². The Bertz CT molecular complexity index is 727. The van der Waals surface area contributed by atoms with Crippen molar-refractivity contribution in [1.29, 1.82) is 0 Å². The van der Waals surface area contributed by atoms with Crippen molar-refractivity contribution < 1.29 is 9.53 Å². The Kier molecular flexibility index (Phi) is 12.3. The third-order valence-electron chi connectivity index (χ3n) is 5.54. The van der Waals surface area contributed by atoms with Crippen LogP contribution in [0, 0.1) is 12.8 Å². The Balaban J connectivity index is 0.00000512. The summed E-state index contributed by atoms with van der Waals surface area (Å²) in [5.41, 5.74) is 2.06. The van der Waals surface area contributed by atoms with Crippen LogP contribution < -0.4 is 5.32 Å². The van der Waals surface area contributed by atoms with Gasteiger partial charge >= 0.3 is 6.09 Å². The van der Waals surface area contributed by atoms with Crippen LogP contribution in [0.5, 0.6) is 0 Å². The minimum absolute atomic E-state index is 0. The molecule has 8 heteroatoms. The van der Waals surface area contributed by atoms with Gasteiger partial charge in [0.25, 0.3) is 0 Å². The number of hydrogen-bond acceptors (Lipinski definition) is 4. The Labute approximate surface area is 211 Å². The van der Waals surface area contributed by atoms with Gasteiger partial charge in [-0.25, -0.2) is 4.79 Å². The average Bonchev–Trinajstić information content (AvgIpc) is 2.72. The lowest BCUT2D eigenvalue weighted by molar-refractivity contribution is 0.0214. The minimum Gasteiger partial charge on any atom is -0.444 e. The molecule has 1 saturated heterocycles. The average molecular weight is 560 g/mol. The van der Waals surface area contributed by atoms with E-state index in [0.717, 1.165) is 57.9 Å². The molecule has 0 saturated carbocycles. The van der Waals surface area contributed by atoms with Crippen molar-refractivity contribution >= 4 is 36.0 Å². The number of ether oxygens (including phenoxy) is 1. The third-order valence-corrected chi connectivity index (χ3v) is 5.54. The van der Waals surface area contributed by atoms with Crippen LogP contribution in [0.2, 0.25) is 0 Å². The van der Waals surface area contributed by atoms with Crippen LogP contribution in [0.1, 0.15) is 58.6 Å². The second kappa shape index (κ2) is 13.9. The summed E-state index contributed by atoms with van der Waals surface area (Å²) in [5, 5.41) is 3.44. The molecule has 2 rings (SSSR count). The molecular formula is C24H42IN5O2. The van der Waals surface area contributed by atoms with Crippen LogP contribution in [0.15, 0.2) is 23.5 Å². The van der Waals surface area contributed by atoms with E-state index >= 15 is 0 Å². The van der Waals surface area contributed by atoms with Gasteiger partial charge in [-0.1, -0.05) is 0 Å². The molecule has 32 heavy (non-hydrogen) atoms. The number of pyridine rings is 1. The van der Waals surface area contributed by atoms with Crippen LogP contribution >= 0.6 is 24.0 Å². The maximum atomic E-state index is 12.4. The van der Waals surface area contributed by atoms with E-state index in [0.29, 0.717) is 12.5 Å². The SMILES string of the molecule is CCNC(=NCCc1ccncc1C)N1CCC(CN(CC)C(=O)OC(C)(C)C)CC1.I. The number of carbonyl (C=O) groups is 1. The van der Waals surface area contributed by atoms with Gasteiger partial charge in [0.15, 0.2) is 5.96 Å². The molecule has 0 aromatic carbocycles. The maximum absolute atomic E-state index is 12.4. The number of likely N-dealkylation sites (tertiary alicyclic amines) is 1. The van der Waals surface area contributed by atoms with Crippen LogP contribution in [-0.2, 0) is 11.2 Å². The van der Waals surface area contributed by atoms with Crippen molar-refractivity contribution in [3.8, 4) is 0 Å². The largest absolute Gasteiger partial charge is 0.444 e. The molecule has 1 N–H and O–H groups in total. The van der Waals surface area contributed by atoms with Gasteiger partial charge in [0.1, 0.15) is 5.60 Å². The molecule has 1 fully saturated rings. The first kappa shape index (κ1) is 28.5. The van der Waals surface area contributed by atoms with Crippen molar-refractivity contribution in [3.05, 3.63) is 29.6 Å². The lowest BCUT2D eigenvalue weighted by Gasteiger charge is -2.36. The smallest absolute Gasteiger partial charge is 0.410 e. The first-order valence-electron chi connectivity index (χ1n) is 11.6. The zero-order valence-corrected chi connectivity index (χ0v) is 23.0. The summed E-state index contributed by atoms with van der Waals surface area (Å²) in [6.45, 7) is 16.9. The Morgan fingerprint density at radius 1 is 1.31 bits per heavy atom. The van der Waals surface area contributed by atoms with Gasteiger partial charge in [0.05, 0.1) is 0 Å². The van der Waals surface area contributed by atoms with E-state index in [2.05, 4.69) is 35.1 Å². The molecule has 1 aliphatic heterocycles. The maximum Gasteiger partial charge on any atom is 0.410 e. The molecular weight excluding hydrogens is 517 g/mol. The highest BCUT2D eigenvalue weighted by Crippen LogP contribution is 2.20. The number of hydrogen-bond donors (Lipinski definition) is 1. The fourth-order valence-corrected chi connectivity index (χ4v) is 3.79. The zero-order chi connectivity index (χ0) is 22.9. The number of nitrogens with one attached hydrogen (secondary N) is 1. The molecule has 7 nitrogen and oxygen atoms in total. The highest BCUT2D eigenvalue weighted by atomic mass is 127. The highest BCUT2D eigenvalue weighted by Gasteiger charge is 2.27. The van der Waals surface area contributed by atoms with E-state index in [1.807, 2.05) is 45.0 Å². The fourth-order valence-electron chi connectivity index (χ4n) is 3.79. The van der Waals surface area contributed by atoms with Crippen molar-refractivity contribution in [2.75, 3.05) is 39.3 Å². The summed E-state index contributed by atoms with van der Waals surface area (Å²) >= 11 is 0. The van der Waals surface area contributed by atoms with Crippen molar-refractivity contribution in [1.82, 2.24) is 20.1 Å². The van der Waals surface area contributed by atoms with Crippen molar-refractivity contribution in [3.63, 3.8) is 0 Å². The molecule has 1 aliphatic rings. The summed E-state index contributed by atoms with van der Waals surface area (Å²) < 4.78 is 5.56. The molecule has 0 atom stereocenters. The molecule has 1 aromatic heterocycles. The van der Waals surface area contributed by atoms with Crippen LogP contribution in [0.25, 0.3) is 0 Å². The number of aryl methyl sites for hydroxylation is 1. The van der Waals surface area contributed by atoms with E-state index in [9.17, 15) is 4.79 Å². The molecule has 0 radical (unpaired) electrons. The lowest BCUT2D eigenvalue weighted by atomic mass is 9.96. The standard InChI is InChI=1S/C24H41N5O2.HI/c1-7-26-22(27-14-10-21-9-13-25-17-19(21)3)29-15-11-20(12-16-29)18-28(8-2)23(30)31-24(4,5)6;/h9,13,17,20H,7-8,10-12,14-16,18H2,1-6H3,(H,26,27);1H. The van der Waals surface area contributed by atoms with Crippen LogP contribution in [0.3, 0.4) is 0 Å². The highest BCUT2D eigenvalue weighted by molar-refractivity contribution is 14.0. The van der Waals surface area contributed by atoms with Crippen LogP contribution in [0.4, 0.5) is 4.79 Å². The molecule has 0 aliphatic carbocycles. The lowest BCUT2D eigenvalue weighted by Crippen LogP contribution is -2.48. The Morgan fingerprint density at radius 2 is 2.00 bits per heavy atom. The number of carbonyl (C=O) groups excluding carboxylic acids is 1. The zero-order valence-electron chi connectivity index (χ0n) is 20.7. The van der Waals surface area contributed by atoms with Gasteiger partial charge in [0.2, 0.25) is 0 Å². The van der Waals surface area contributed by atoms with E-state index in [1.54, 1.807) is 0 Å². The summed E-state index contributed by atoms with van der Waals surface area (Å²) in [6, 6.07) is 2.08. The first-order valence-corrected chi connectivity index (χ1v) is 11.6. The van der Waals surface area contributed by atoms with Crippen LogP contribution in [-0.4, -0.2) is 71.7 Å². The quantitative estimate of drug-likeness (QED) is 0.303. The summed E-state index contributed by atoms with van der Waals surface area (Å²) in [7, 11) is 0. The van der Waals surface area contributed by atoms with Gasteiger partial charge < -0.3 is 19.9 Å². The number of guanidine groups is 1. The van der Waals surface area contributed by atoms with Gasteiger partial charge in [-0.15, -0.1) is 24.0 Å². The number of aromatic nitrogens is 1. The topological polar surface area (TPSA) is 70.1 Å². The van der Waals surface area contributed by atoms with E-state index < -0.39 is 5.60 Å². The predicted octanol–water partition coefficient (Wildman–Crippen LogP) is 4.49. The molecule has 0 spiro atoms. The van der Waals surface area contributed by atoms with Crippen molar-refractivity contribution in [2.45, 2.75) is 66.4 Å². The van der Waals surface area contributed by atoms with Gasteiger partial charge in [-0.2, -0.15) is 0 Å². The first-order chi connectivity index (χ1) is 14.7. The van der Waals surface area contributed by atoms with Gasteiger partial charge in [-0.05, 0) is 83.9 Å². The number of halogens is 1. The molecule has 0 bridgehead atoms. The summed E-state index contributed by atoms with van der Waals surface area (Å²) in [4.78, 5) is 25.7. The van der Waals surface area contributed by atoms with Crippen molar-refractivity contribution in [2.24, 2.45) is 10.9 Å². The number of aliphatic imine (C=N–C) groups is 1. The molecule has 0 unspecified atom stereocenters. The second-order valence-corrected chi connectivity index (χ2v) is 9.24. The number of piperidine rings is 1. The molecule has 2 heterocycles. The number of amides is 1. The third kappa shape index (κ3) is 9.50. The van der Waals surface area contributed by atoms with E-state index in [-0.39, 0.29) is 30.1 Å². The Morgan fingerprint density at radius 3 is 2.56 bits per heavy atom. The van der Waals surface area contributed by atoms with Gasteiger partial charge in [0, 0.05) is 51.7 Å².